The first-order valence-corrected chi connectivity index (χ1v) is 19.3. The molecule has 0 spiro atoms. The highest BCUT2D eigenvalue weighted by atomic mass is 32.2. The van der Waals surface area contributed by atoms with Crippen molar-refractivity contribution in [1.29, 1.82) is 0 Å². The minimum absolute atomic E-state index is 0.0132. The molecule has 4 amide bonds. The largest absolute Gasteiger partial charge is 0.492 e. The molecule has 5 rings (SSSR count). The fourth-order valence-corrected chi connectivity index (χ4v) is 6.84. The highest BCUT2D eigenvalue weighted by Gasteiger charge is 2.29. The Hall–Kier alpha value is -5.08. The lowest BCUT2D eigenvalue weighted by Gasteiger charge is -2.41. The zero-order valence-electron chi connectivity index (χ0n) is 30.9. The summed E-state index contributed by atoms with van der Waals surface area (Å²) in [6, 6.07) is 18.0. The number of carbonyl (C=O) groups excluding carboxylic acids is 2. The third-order valence-corrected chi connectivity index (χ3v) is 9.45. The van der Waals surface area contributed by atoms with Crippen LogP contribution in [-0.4, -0.2) is 80.9 Å². The summed E-state index contributed by atoms with van der Waals surface area (Å²) in [7, 11) is -2.21. The predicted octanol–water partition coefficient (Wildman–Crippen LogP) is 6.97. The Bertz CT molecular complexity index is 2030. The molecule has 0 bridgehead atoms. The fourth-order valence-electron chi connectivity index (χ4n) is 6.29. The quantitative estimate of drug-likeness (QED) is 0.129. The second kappa shape index (κ2) is 16.1. The molecule has 0 saturated carbocycles. The summed E-state index contributed by atoms with van der Waals surface area (Å²) in [4.78, 5) is 34.8. The fraction of sp³-hybridized carbons (Fsp3) is 0.395. The second-order valence-electron chi connectivity index (χ2n) is 13.9. The zero-order chi connectivity index (χ0) is 37.6. The first-order valence-electron chi connectivity index (χ1n) is 17.4. The molecular formula is C38H49N7O6S. The average molecular weight is 732 g/mol. The molecule has 13 nitrogen and oxygen atoms in total. The van der Waals surface area contributed by atoms with E-state index >= 15 is 0 Å². The number of carbonyl (C=O) groups is 2. The van der Waals surface area contributed by atoms with Gasteiger partial charge in [0.05, 0.1) is 36.1 Å². The topological polar surface area (TPSA) is 154 Å². The third-order valence-electron chi connectivity index (χ3n) is 8.86. The molecule has 3 aromatic carbocycles. The van der Waals surface area contributed by atoms with E-state index in [2.05, 4.69) is 37.5 Å². The number of amides is 4. The molecule has 2 heterocycles. The molecule has 52 heavy (non-hydrogen) atoms. The van der Waals surface area contributed by atoms with Gasteiger partial charge in [-0.3, -0.25) is 14.6 Å². The van der Waals surface area contributed by atoms with Crippen LogP contribution in [0.4, 0.5) is 26.7 Å². The van der Waals surface area contributed by atoms with Crippen LogP contribution in [0.1, 0.15) is 52.3 Å². The maximum Gasteiger partial charge on any atom is 0.323 e. The van der Waals surface area contributed by atoms with Gasteiger partial charge in [-0.25, -0.2) is 18.0 Å². The zero-order valence-corrected chi connectivity index (χ0v) is 31.7. The van der Waals surface area contributed by atoms with Gasteiger partial charge in [-0.2, -0.15) is 0 Å². The standard InChI is InChI=1S/C38H49N7O6S/c1-8-27-24-44(18-19-45(27)37(47)39-9-2)23-26-22-28(16-17-40-26)51-34-15-14-31(29-12-10-11-13-30(29)34)41-36(46)42-32-20-25(38(3,4)5)21-33(35(32)50-6)43-52(7,48)49/h10-17,20-22,27,43H,8-9,18-19,23-24H2,1-7H3,(H,39,47)(H2,41,42,46). The number of urea groups is 2. The highest BCUT2D eigenvalue weighted by Crippen LogP contribution is 2.40. The van der Waals surface area contributed by atoms with E-state index in [0.29, 0.717) is 42.5 Å². The van der Waals surface area contributed by atoms with Crippen molar-refractivity contribution in [1.82, 2.24) is 20.1 Å². The summed E-state index contributed by atoms with van der Waals surface area (Å²) in [6.45, 7) is 13.4. The number of methoxy groups -OCH3 is 1. The molecule has 1 fully saturated rings. The van der Waals surface area contributed by atoms with Crippen LogP contribution in [0.25, 0.3) is 10.8 Å². The molecule has 1 unspecified atom stereocenters. The van der Waals surface area contributed by atoms with Crippen LogP contribution in [-0.2, 0) is 22.0 Å². The molecule has 0 radical (unpaired) electrons. The molecule has 1 saturated heterocycles. The normalized spacial score (nSPS) is 15.2. The maximum absolute atomic E-state index is 13.5. The molecular weight excluding hydrogens is 683 g/mol. The molecule has 4 aromatic rings. The summed E-state index contributed by atoms with van der Waals surface area (Å²) in [5.74, 6) is 1.42. The molecule has 4 N–H and O–H groups in total. The number of ether oxygens (including phenoxy) is 2. The van der Waals surface area contributed by atoms with Gasteiger partial charge < -0.3 is 30.3 Å². The smallest absolute Gasteiger partial charge is 0.323 e. The number of benzene rings is 3. The minimum Gasteiger partial charge on any atom is -0.492 e. The summed E-state index contributed by atoms with van der Waals surface area (Å²) in [5.41, 5.74) is 2.39. The van der Waals surface area contributed by atoms with E-state index < -0.39 is 16.1 Å². The first-order chi connectivity index (χ1) is 24.7. The van der Waals surface area contributed by atoms with Gasteiger partial charge in [0.25, 0.3) is 0 Å². The summed E-state index contributed by atoms with van der Waals surface area (Å²) >= 11 is 0. The number of hydrogen-bond acceptors (Lipinski definition) is 8. The van der Waals surface area contributed by atoms with Gasteiger partial charge in [0.1, 0.15) is 11.5 Å². The first kappa shape index (κ1) is 38.2. The van der Waals surface area contributed by atoms with E-state index in [0.717, 1.165) is 47.8 Å². The number of anilines is 3. The monoisotopic (exact) mass is 731 g/mol. The van der Waals surface area contributed by atoms with E-state index in [-0.39, 0.29) is 28.9 Å². The number of sulfonamides is 1. The van der Waals surface area contributed by atoms with Gasteiger partial charge in [0.15, 0.2) is 5.75 Å². The molecule has 1 aromatic heterocycles. The van der Waals surface area contributed by atoms with Crippen molar-refractivity contribution in [2.24, 2.45) is 0 Å². The number of aromatic nitrogens is 1. The lowest BCUT2D eigenvalue weighted by Crippen LogP contribution is -2.57. The SMILES string of the molecule is CCNC(=O)N1CCN(Cc2cc(Oc3ccc(NC(=O)Nc4cc(C(C)(C)C)cc(NS(C)(=O)=O)c4OC)c4ccccc34)ccn2)CC1CC. The van der Waals surface area contributed by atoms with E-state index in [1.165, 1.54) is 7.11 Å². The van der Waals surface area contributed by atoms with E-state index in [9.17, 15) is 18.0 Å². The third kappa shape index (κ3) is 9.42. The van der Waals surface area contributed by atoms with Crippen LogP contribution in [0.5, 0.6) is 17.2 Å². The van der Waals surface area contributed by atoms with Crippen LogP contribution in [0, 0.1) is 0 Å². The van der Waals surface area contributed by atoms with Gasteiger partial charge in [-0.1, -0.05) is 52.0 Å². The molecule has 1 aliphatic rings. The van der Waals surface area contributed by atoms with Crippen molar-refractivity contribution >= 4 is 49.9 Å². The Balaban J connectivity index is 1.33. The summed E-state index contributed by atoms with van der Waals surface area (Å²) < 4.78 is 38.7. The molecule has 1 aliphatic heterocycles. The molecule has 14 heteroatoms. The molecule has 1 atom stereocenters. The van der Waals surface area contributed by atoms with Crippen LogP contribution in [0.2, 0.25) is 0 Å². The Kier molecular flexibility index (Phi) is 11.8. The average Bonchev–Trinajstić information content (AvgIpc) is 3.08. The Morgan fingerprint density at radius 1 is 0.942 bits per heavy atom. The molecule has 0 aliphatic carbocycles. The van der Waals surface area contributed by atoms with Crippen LogP contribution >= 0.6 is 0 Å². The summed E-state index contributed by atoms with van der Waals surface area (Å²) in [6.07, 6.45) is 3.66. The Labute approximate surface area is 306 Å². The van der Waals surface area contributed by atoms with Crippen molar-refractivity contribution in [3.8, 4) is 17.2 Å². The van der Waals surface area contributed by atoms with Gasteiger partial charge in [-0.15, -0.1) is 0 Å². The second-order valence-corrected chi connectivity index (χ2v) is 15.6. The van der Waals surface area contributed by atoms with Gasteiger partial charge in [0.2, 0.25) is 10.0 Å². The van der Waals surface area contributed by atoms with Gasteiger partial charge >= 0.3 is 12.1 Å². The van der Waals surface area contributed by atoms with Crippen molar-refractivity contribution in [3.63, 3.8) is 0 Å². The van der Waals surface area contributed by atoms with Gasteiger partial charge in [-0.05, 0) is 54.7 Å². The number of rotatable bonds is 11. The lowest BCUT2D eigenvalue weighted by atomic mass is 9.86. The Morgan fingerprint density at radius 3 is 2.33 bits per heavy atom. The van der Waals surface area contributed by atoms with E-state index in [4.69, 9.17) is 9.47 Å². The van der Waals surface area contributed by atoms with E-state index in [1.807, 2.05) is 69.0 Å². The molecule has 278 valence electrons. The summed E-state index contributed by atoms with van der Waals surface area (Å²) in [5, 5.41) is 10.3. The Morgan fingerprint density at radius 2 is 1.65 bits per heavy atom. The number of nitrogens with zero attached hydrogens (tertiary/aromatic N) is 3. The lowest BCUT2D eigenvalue weighted by molar-refractivity contribution is 0.0874. The van der Waals surface area contributed by atoms with Crippen LogP contribution in [0.15, 0.2) is 66.9 Å². The number of nitrogens with one attached hydrogen (secondary N) is 4. The van der Waals surface area contributed by atoms with Crippen molar-refractivity contribution in [2.75, 3.05) is 54.9 Å². The maximum atomic E-state index is 13.5. The number of pyridine rings is 1. The number of piperazine rings is 1. The highest BCUT2D eigenvalue weighted by molar-refractivity contribution is 7.92. The van der Waals surface area contributed by atoms with Crippen molar-refractivity contribution < 1.29 is 27.5 Å². The van der Waals surface area contributed by atoms with Crippen LogP contribution < -0.4 is 30.1 Å². The van der Waals surface area contributed by atoms with Crippen molar-refractivity contribution in [2.45, 2.75) is 59.0 Å². The predicted molar refractivity (Wildman–Crippen MR) is 206 cm³/mol. The van der Waals surface area contributed by atoms with Gasteiger partial charge in [0, 0.05) is 61.8 Å². The minimum atomic E-state index is -3.63. The van der Waals surface area contributed by atoms with Crippen LogP contribution in [0.3, 0.4) is 0 Å². The number of fused-ring (bicyclic) bond motifs is 1. The number of hydrogen-bond donors (Lipinski definition) is 4. The van der Waals surface area contributed by atoms with Crippen molar-refractivity contribution in [3.05, 3.63) is 78.1 Å². The van der Waals surface area contributed by atoms with E-state index in [1.54, 1.807) is 30.5 Å².